The van der Waals surface area contributed by atoms with Crippen LogP contribution in [0.2, 0.25) is 0 Å². The van der Waals surface area contributed by atoms with E-state index in [1.807, 2.05) is 16.3 Å². The number of hydrogen-bond acceptors (Lipinski definition) is 3. The number of halogens is 1. The molecule has 2 rings (SSSR count). The summed E-state index contributed by atoms with van der Waals surface area (Å²) in [5.74, 6) is 1.21. The predicted molar refractivity (Wildman–Crippen MR) is 70.3 cm³/mol. The molecule has 0 saturated heterocycles. The van der Waals surface area contributed by atoms with Crippen LogP contribution in [-0.4, -0.2) is 36.4 Å². The molecule has 0 unspecified atom stereocenters. The highest BCUT2D eigenvalue weighted by Gasteiger charge is 2.30. The summed E-state index contributed by atoms with van der Waals surface area (Å²) in [4.78, 5) is 15.0. The molecule has 1 aliphatic rings. The fourth-order valence-electron chi connectivity index (χ4n) is 1.98. The van der Waals surface area contributed by atoms with Crippen LogP contribution in [0.15, 0.2) is 11.4 Å². The van der Waals surface area contributed by atoms with Gasteiger partial charge < -0.3 is 9.64 Å². The van der Waals surface area contributed by atoms with Crippen LogP contribution in [0, 0.1) is 0 Å². The molecule has 0 bridgehead atoms. The maximum absolute atomic E-state index is 12.4. The molecule has 0 aliphatic heterocycles. The molecular weight excluding hydrogens is 258 g/mol. The predicted octanol–water partition coefficient (Wildman–Crippen LogP) is 2.99. The van der Waals surface area contributed by atoms with Crippen molar-refractivity contribution in [1.29, 1.82) is 0 Å². The van der Waals surface area contributed by atoms with E-state index in [0.29, 0.717) is 29.1 Å². The lowest BCUT2D eigenvalue weighted by Gasteiger charge is -2.37. The molecule has 0 spiro atoms. The summed E-state index contributed by atoms with van der Waals surface area (Å²) in [6, 6.07) is 2.20. The second-order valence-electron chi connectivity index (χ2n) is 4.09. The minimum absolute atomic E-state index is 0.0576. The molecule has 0 aromatic carbocycles. The number of carbonyl (C=O) groups is 1. The van der Waals surface area contributed by atoms with Crippen LogP contribution in [0.25, 0.3) is 0 Å². The Morgan fingerprint density at radius 2 is 2.41 bits per heavy atom. The lowest BCUT2D eigenvalue weighted by Crippen LogP contribution is -2.45. The number of carbonyl (C=O) groups excluding carboxylic acids is 1. The van der Waals surface area contributed by atoms with Gasteiger partial charge in [0.2, 0.25) is 0 Å². The van der Waals surface area contributed by atoms with Crippen molar-refractivity contribution in [3.63, 3.8) is 0 Å². The zero-order chi connectivity index (χ0) is 12.3. The Labute approximate surface area is 110 Å². The molecular formula is C12H16ClNO2S. The molecule has 1 aromatic heterocycles. The van der Waals surface area contributed by atoms with E-state index in [4.69, 9.17) is 16.3 Å². The molecule has 17 heavy (non-hydrogen) atoms. The molecule has 0 atom stereocenters. The molecule has 1 heterocycles. The van der Waals surface area contributed by atoms with Crippen LogP contribution in [0.4, 0.5) is 0 Å². The van der Waals surface area contributed by atoms with Crippen LogP contribution < -0.4 is 4.74 Å². The number of ether oxygens (including phenoxy) is 1. The molecule has 5 heteroatoms. The van der Waals surface area contributed by atoms with E-state index < -0.39 is 0 Å². The van der Waals surface area contributed by atoms with Crippen LogP contribution in [-0.2, 0) is 0 Å². The van der Waals surface area contributed by atoms with Gasteiger partial charge >= 0.3 is 0 Å². The Kier molecular flexibility index (Phi) is 4.29. The van der Waals surface area contributed by atoms with Crippen molar-refractivity contribution in [3.8, 4) is 5.75 Å². The van der Waals surface area contributed by atoms with E-state index in [1.165, 1.54) is 17.8 Å². The second kappa shape index (κ2) is 5.74. The fraction of sp³-hybridized carbons (Fsp3) is 0.583. The highest BCUT2D eigenvalue weighted by atomic mass is 35.5. The van der Waals surface area contributed by atoms with Crippen molar-refractivity contribution >= 4 is 28.8 Å². The minimum atomic E-state index is 0.0576. The summed E-state index contributed by atoms with van der Waals surface area (Å²) < 4.78 is 5.20. The average Bonchev–Trinajstić information content (AvgIpc) is 2.73. The Morgan fingerprint density at radius 3 is 2.94 bits per heavy atom. The third kappa shape index (κ3) is 2.58. The topological polar surface area (TPSA) is 29.5 Å². The maximum atomic E-state index is 12.4. The Hall–Kier alpha value is -0.740. The zero-order valence-electron chi connectivity index (χ0n) is 9.82. The highest BCUT2D eigenvalue weighted by molar-refractivity contribution is 7.12. The Balaban J connectivity index is 2.15. The third-order valence-corrected chi connectivity index (χ3v) is 4.20. The van der Waals surface area contributed by atoms with E-state index in [9.17, 15) is 4.79 Å². The van der Waals surface area contributed by atoms with Gasteiger partial charge in [0.1, 0.15) is 10.6 Å². The minimum Gasteiger partial charge on any atom is -0.495 e. The van der Waals surface area contributed by atoms with Gasteiger partial charge in [-0.1, -0.05) is 0 Å². The SMILES string of the molecule is COc1ccsc1C(=O)N(CCCl)C1CCC1. The Morgan fingerprint density at radius 1 is 1.65 bits per heavy atom. The molecule has 0 N–H and O–H groups in total. The van der Waals surface area contributed by atoms with Crippen LogP contribution >= 0.6 is 22.9 Å². The van der Waals surface area contributed by atoms with E-state index in [0.717, 1.165) is 12.8 Å². The van der Waals surface area contributed by atoms with Gasteiger partial charge in [0, 0.05) is 18.5 Å². The van der Waals surface area contributed by atoms with Gasteiger partial charge in [-0.25, -0.2) is 0 Å². The normalized spacial score (nSPS) is 15.4. The second-order valence-corrected chi connectivity index (χ2v) is 5.38. The Bertz CT molecular complexity index is 390. The van der Waals surface area contributed by atoms with Gasteiger partial charge in [0.05, 0.1) is 7.11 Å². The van der Waals surface area contributed by atoms with E-state index in [1.54, 1.807) is 7.11 Å². The number of amides is 1. The highest BCUT2D eigenvalue weighted by Crippen LogP contribution is 2.31. The fourth-order valence-corrected chi connectivity index (χ4v) is 2.98. The summed E-state index contributed by atoms with van der Waals surface area (Å²) in [6.07, 6.45) is 3.39. The first-order valence-electron chi connectivity index (χ1n) is 5.76. The summed E-state index contributed by atoms with van der Waals surface area (Å²) in [6.45, 7) is 0.617. The van der Waals surface area contributed by atoms with Gasteiger partial charge in [-0.2, -0.15) is 0 Å². The lowest BCUT2D eigenvalue weighted by atomic mass is 9.91. The number of methoxy groups -OCH3 is 1. The molecule has 1 fully saturated rings. The summed E-state index contributed by atoms with van der Waals surface area (Å²) >= 11 is 7.21. The van der Waals surface area contributed by atoms with Crippen LogP contribution in [0.5, 0.6) is 5.75 Å². The standard InChI is InChI=1S/C12H16ClNO2S/c1-16-10-5-8-17-11(10)12(15)14(7-6-13)9-3-2-4-9/h5,8-9H,2-4,6-7H2,1H3. The smallest absolute Gasteiger partial charge is 0.268 e. The third-order valence-electron chi connectivity index (χ3n) is 3.15. The number of thiophene rings is 1. The van der Waals surface area contributed by atoms with Crippen LogP contribution in [0.3, 0.4) is 0 Å². The largest absolute Gasteiger partial charge is 0.495 e. The first kappa shape index (κ1) is 12.7. The molecule has 1 saturated carbocycles. The molecule has 3 nitrogen and oxygen atoms in total. The first-order chi connectivity index (χ1) is 8.27. The summed E-state index contributed by atoms with van der Waals surface area (Å²) in [5.41, 5.74) is 0. The van der Waals surface area contributed by atoms with E-state index in [-0.39, 0.29) is 5.91 Å². The number of hydrogen-bond donors (Lipinski definition) is 0. The molecule has 1 amide bonds. The monoisotopic (exact) mass is 273 g/mol. The van der Waals surface area contributed by atoms with E-state index >= 15 is 0 Å². The number of rotatable bonds is 5. The van der Waals surface area contributed by atoms with Crippen molar-refractivity contribution in [2.24, 2.45) is 0 Å². The molecule has 0 radical (unpaired) electrons. The van der Waals surface area contributed by atoms with E-state index in [2.05, 4.69) is 0 Å². The van der Waals surface area contributed by atoms with Gasteiger partial charge in [-0.3, -0.25) is 4.79 Å². The maximum Gasteiger partial charge on any atom is 0.268 e. The van der Waals surface area contributed by atoms with Gasteiger partial charge in [0.25, 0.3) is 5.91 Å². The number of alkyl halides is 1. The molecule has 1 aromatic rings. The van der Waals surface area contributed by atoms with Crippen molar-refractivity contribution in [1.82, 2.24) is 4.90 Å². The van der Waals surface area contributed by atoms with Gasteiger partial charge in [0.15, 0.2) is 0 Å². The quantitative estimate of drug-likeness (QED) is 0.772. The molecule has 1 aliphatic carbocycles. The number of nitrogens with zero attached hydrogens (tertiary/aromatic N) is 1. The van der Waals surface area contributed by atoms with Crippen molar-refractivity contribution < 1.29 is 9.53 Å². The van der Waals surface area contributed by atoms with Crippen LogP contribution in [0.1, 0.15) is 28.9 Å². The van der Waals surface area contributed by atoms with Gasteiger partial charge in [-0.05, 0) is 30.7 Å². The zero-order valence-corrected chi connectivity index (χ0v) is 11.4. The van der Waals surface area contributed by atoms with Crippen molar-refractivity contribution in [3.05, 3.63) is 16.3 Å². The van der Waals surface area contributed by atoms with Crippen molar-refractivity contribution in [2.45, 2.75) is 25.3 Å². The summed E-state index contributed by atoms with van der Waals surface area (Å²) in [7, 11) is 1.59. The van der Waals surface area contributed by atoms with Gasteiger partial charge in [-0.15, -0.1) is 22.9 Å². The summed E-state index contributed by atoms with van der Waals surface area (Å²) in [5, 5.41) is 1.88. The van der Waals surface area contributed by atoms with Crippen molar-refractivity contribution in [2.75, 3.05) is 19.5 Å². The lowest BCUT2D eigenvalue weighted by molar-refractivity contribution is 0.0600. The average molecular weight is 274 g/mol. The first-order valence-corrected chi connectivity index (χ1v) is 7.17. The molecule has 94 valence electrons.